The second-order valence-corrected chi connectivity index (χ2v) is 7.96. The van der Waals surface area contributed by atoms with Crippen molar-refractivity contribution >= 4 is 32.7 Å². The van der Waals surface area contributed by atoms with E-state index in [-0.39, 0.29) is 5.91 Å². The molecule has 8 heteroatoms. The van der Waals surface area contributed by atoms with Crippen LogP contribution in [0.5, 0.6) is 0 Å². The van der Waals surface area contributed by atoms with Crippen molar-refractivity contribution in [1.82, 2.24) is 24.6 Å². The van der Waals surface area contributed by atoms with E-state index in [0.29, 0.717) is 19.6 Å². The molecule has 0 saturated carbocycles. The Morgan fingerprint density at radius 1 is 1.00 bits per heavy atom. The standard InChI is InChI=1S/C21H20N6OS/c28-20(17-6-4-16(5-7-17)15-27-10-2-9-23-27)25-11-13-26(14-12-25)21-24-18-3-1-8-22-19(18)29-21/h1-10H,11-15H2. The topological polar surface area (TPSA) is 67.2 Å². The number of nitrogens with zero attached hydrogens (tertiary/aromatic N) is 6. The van der Waals surface area contributed by atoms with Crippen LogP contribution >= 0.6 is 11.3 Å². The van der Waals surface area contributed by atoms with Gasteiger partial charge in [-0.05, 0) is 35.9 Å². The Morgan fingerprint density at radius 3 is 2.55 bits per heavy atom. The molecule has 5 rings (SSSR count). The number of piperazine rings is 1. The largest absolute Gasteiger partial charge is 0.344 e. The molecule has 0 atom stereocenters. The SMILES string of the molecule is O=C(c1ccc(Cn2cccn2)cc1)N1CCN(c2nc3cccnc3s2)CC1. The zero-order valence-electron chi connectivity index (χ0n) is 15.8. The minimum Gasteiger partial charge on any atom is -0.344 e. The monoisotopic (exact) mass is 404 g/mol. The molecule has 29 heavy (non-hydrogen) atoms. The Hall–Kier alpha value is -3.26. The van der Waals surface area contributed by atoms with Crippen molar-refractivity contribution in [3.05, 3.63) is 72.2 Å². The number of fused-ring (bicyclic) bond motifs is 1. The Labute approximate surface area is 172 Å². The summed E-state index contributed by atoms with van der Waals surface area (Å²) in [7, 11) is 0. The van der Waals surface area contributed by atoms with Crippen LogP contribution in [0.4, 0.5) is 5.13 Å². The molecule has 146 valence electrons. The number of aromatic nitrogens is 4. The molecule has 0 aliphatic carbocycles. The molecule has 3 aromatic heterocycles. The molecule has 4 heterocycles. The lowest BCUT2D eigenvalue weighted by Crippen LogP contribution is -2.48. The van der Waals surface area contributed by atoms with Crippen LogP contribution in [0.15, 0.2) is 61.1 Å². The highest BCUT2D eigenvalue weighted by molar-refractivity contribution is 7.21. The number of pyridine rings is 1. The van der Waals surface area contributed by atoms with Crippen molar-refractivity contribution in [3.63, 3.8) is 0 Å². The average molecular weight is 404 g/mol. The van der Waals surface area contributed by atoms with Crippen LogP contribution in [-0.2, 0) is 6.54 Å². The Balaban J connectivity index is 1.21. The normalized spacial score (nSPS) is 14.5. The molecule has 0 bridgehead atoms. The molecule has 0 radical (unpaired) electrons. The zero-order chi connectivity index (χ0) is 19.6. The van der Waals surface area contributed by atoms with Crippen LogP contribution in [0.1, 0.15) is 15.9 Å². The van der Waals surface area contributed by atoms with Gasteiger partial charge in [0.25, 0.3) is 5.91 Å². The number of rotatable bonds is 4. The predicted octanol–water partition coefficient (Wildman–Crippen LogP) is 2.90. The molecule has 0 spiro atoms. The van der Waals surface area contributed by atoms with Crippen LogP contribution in [-0.4, -0.2) is 56.7 Å². The highest BCUT2D eigenvalue weighted by Gasteiger charge is 2.24. The summed E-state index contributed by atoms with van der Waals surface area (Å²) in [4.78, 5) is 27.0. The summed E-state index contributed by atoms with van der Waals surface area (Å²) in [6.45, 7) is 3.65. The molecular weight excluding hydrogens is 384 g/mol. The molecule has 1 aliphatic heterocycles. The Morgan fingerprint density at radius 2 is 1.83 bits per heavy atom. The predicted molar refractivity (Wildman–Crippen MR) is 113 cm³/mol. The maximum atomic E-state index is 12.9. The number of hydrogen-bond donors (Lipinski definition) is 0. The molecule has 4 aromatic rings. The van der Waals surface area contributed by atoms with Crippen LogP contribution in [0, 0.1) is 0 Å². The lowest BCUT2D eigenvalue weighted by Gasteiger charge is -2.34. The molecular formula is C21H20N6OS. The molecule has 1 amide bonds. The fourth-order valence-corrected chi connectivity index (χ4v) is 4.47. The van der Waals surface area contributed by atoms with E-state index in [1.165, 1.54) is 0 Å². The number of carbonyl (C=O) groups excluding carboxylic acids is 1. The average Bonchev–Trinajstić information content (AvgIpc) is 3.43. The van der Waals surface area contributed by atoms with Crippen LogP contribution in [0.2, 0.25) is 0 Å². The van der Waals surface area contributed by atoms with Gasteiger partial charge in [-0.2, -0.15) is 5.10 Å². The third kappa shape index (κ3) is 3.71. The van der Waals surface area contributed by atoms with E-state index in [0.717, 1.165) is 39.7 Å². The van der Waals surface area contributed by atoms with E-state index in [1.54, 1.807) is 23.7 Å². The minimum atomic E-state index is 0.0845. The first-order valence-corrected chi connectivity index (χ1v) is 10.4. The summed E-state index contributed by atoms with van der Waals surface area (Å²) in [6, 6.07) is 13.6. The van der Waals surface area contributed by atoms with Gasteiger partial charge in [-0.15, -0.1) is 0 Å². The van der Waals surface area contributed by atoms with Crippen molar-refractivity contribution < 1.29 is 4.79 Å². The van der Waals surface area contributed by atoms with E-state index in [1.807, 2.05) is 58.2 Å². The lowest BCUT2D eigenvalue weighted by atomic mass is 10.1. The summed E-state index contributed by atoms with van der Waals surface area (Å²) in [5, 5.41) is 5.20. The van der Waals surface area contributed by atoms with E-state index in [2.05, 4.69) is 20.0 Å². The van der Waals surface area contributed by atoms with Crippen LogP contribution < -0.4 is 4.90 Å². The van der Waals surface area contributed by atoms with Crippen molar-refractivity contribution in [2.24, 2.45) is 0 Å². The number of benzene rings is 1. The van der Waals surface area contributed by atoms with E-state index in [9.17, 15) is 4.79 Å². The number of hydrogen-bond acceptors (Lipinski definition) is 6. The Kier molecular flexibility index (Phi) is 4.69. The fraction of sp³-hybridized carbons (Fsp3) is 0.238. The lowest BCUT2D eigenvalue weighted by molar-refractivity contribution is 0.0747. The molecule has 1 aliphatic rings. The molecule has 0 unspecified atom stereocenters. The van der Waals surface area contributed by atoms with Gasteiger partial charge >= 0.3 is 0 Å². The van der Waals surface area contributed by atoms with Gasteiger partial charge in [0.05, 0.1) is 6.54 Å². The summed E-state index contributed by atoms with van der Waals surface area (Å²) >= 11 is 1.61. The van der Waals surface area contributed by atoms with Gasteiger partial charge in [0.2, 0.25) is 0 Å². The van der Waals surface area contributed by atoms with Gasteiger partial charge in [0, 0.05) is 50.3 Å². The second-order valence-electron chi connectivity index (χ2n) is 7.00. The number of carbonyl (C=O) groups is 1. The second kappa shape index (κ2) is 7.63. The van der Waals surface area contributed by atoms with Crippen LogP contribution in [0.25, 0.3) is 10.3 Å². The smallest absolute Gasteiger partial charge is 0.253 e. The van der Waals surface area contributed by atoms with Crippen molar-refractivity contribution in [2.45, 2.75) is 6.54 Å². The maximum Gasteiger partial charge on any atom is 0.253 e. The molecule has 1 fully saturated rings. The summed E-state index contributed by atoms with van der Waals surface area (Å²) in [5.41, 5.74) is 2.78. The first-order valence-electron chi connectivity index (χ1n) is 9.58. The molecule has 1 saturated heterocycles. The summed E-state index contributed by atoms with van der Waals surface area (Å²) < 4.78 is 1.87. The fourth-order valence-electron chi connectivity index (χ4n) is 3.51. The highest BCUT2D eigenvalue weighted by atomic mass is 32.1. The number of thiazole rings is 1. The van der Waals surface area contributed by atoms with Gasteiger partial charge in [-0.1, -0.05) is 23.5 Å². The Bertz CT molecular complexity index is 1080. The third-order valence-electron chi connectivity index (χ3n) is 5.10. The van der Waals surface area contributed by atoms with E-state index >= 15 is 0 Å². The van der Waals surface area contributed by atoms with Gasteiger partial charge < -0.3 is 9.80 Å². The van der Waals surface area contributed by atoms with Gasteiger partial charge in [-0.25, -0.2) is 9.97 Å². The van der Waals surface area contributed by atoms with Crippen molar-refractivity contribution in [2.75, 3.05) is 31.1 Å². The third-order valence-corrected chi connectivity index (χ3v) is 6.14. The molecule has 0 N–H and O–H groups in total. The van der Waals surface area contributed by atoms with E-state index in [4.69, 9.17) is 0 Å². The zero-order valence-corrected chi connectivity index (χ0v) is 16.6. The van der Waals surface area contributed by atoms with Crippen LogP contribution in [0.3, 0.4) is 0 Å². The molecule has 7 nitrogen and oxygen atoms in total. The van der Waals surface area contributed by atoms with E-state index < -0.39 is 0 Å². The first-order chi connectivity index (χ1) is 14.3. The number of amides is 1. The minimum absolute atomic E-state index is 0.0845. The number of anilines is 1. The first kappa shape index (κ1) is 17.8. The van der Waals surface area contributed by atoms with Gasteiger partial charge in [-0.3, -0.25) is 9.48 Å². The summed E-state index contributed by atoms with van der Waals surface area (Å²) in [5.74, 6) is 0.0845. The summed E-state index contributed by atoms with van der Waals surface area (Å²) in [6.07, 6.45) is 5.49. The van der Waals surface area contributed by atoms with Crippen molar-refractivity contribution in [3.8, 4) is 0 Å². The highest BCUT2D eigenvalue weighted by Crippen LogP contribution is 2.27. The van der Waals surface area contributed by atoms with Gasteiger partial charge in [0.1, 0.15) is 10.3 Å². The quantitative estimate of drug-likeness (QED) is 0.523. The van der Waals surface area contributed by atoms with Crippen molar-refractivity contribution in [1.29, 1.82) is 0 Å². The van der Waals surface area contributed by atoms with Gasteiger partial charge in [0.15, 0.2) is 5.13 Å². The maximum absolute atomic E-state index is 12.9. The molecule has 1 aromatic carbocycles.